The van der Waals surface area contributed by atoms with E-state index in [2.05, 4.69) is 41.9 Å². The topological polar surface area (TPSA) is 148 Å². The van der Waals surface area contributed by atoms with Crippen LogP contribution in [0.1, 0.15) is 51.4 Å². The Morgan fingerprint density at radius 1 is 1.12 bits per heavy atom. The van der Waals surface area contributed by atoms with Crippen molar-refractivity contribution in [3.63, 3.8) is 0 Å². The Bertz CT molecular complexity index is 1250. The van der Waals surface area contributed by atoms with E-state index in [4.69, 9.17) is 0 Å². The zero-order valence-electron chi connectivity index (χ0n) is 23.9. The van der Waals surface area contributed by atoms with Crippen molar-refractivity contribution in [2.24, 2.45) is 23.7 Å². The Balaban J connectivity index is 1.21. The number of nitrogens with zero attached hydrogens (tertiary/aromatic N) is 1. The van der Waals surface area contributed by atoms with Crippen LogP contribution in [-0.2, 0) is 30.5 Å². The van der Waals surface area contributed by atoms with Gasteiger partial charge in [0.1, 0.15) is 18.3 Å². The van der Waals surface area contributed by atoms with E-state index >= 15 is 0 Å². The summed E-state index contributed by atoms with van der Waals surface area (Å²) in [5.41, 5.74) is -0.477. The van der Waals surface area contributed by atoms with Gasteiger partial charge in [0.15, 0.2) is 0 Å². The van der Waals surface area contributed by atoms with Gasteiger partial charge in [-0.05, 0) is 87.2 Å². The Hall–Kier alpha value is -2.99. The molecule has 4 saturated carbocycles. The molecule has 3 atom stereocenters. The lowest BCUT2D eigenvalue weighted by Gasteiger charge is -2.54. The van der Waals surface area contributed by atoms with Crippen molar-refractivity contribution < 1.29 is 23.9 Å². The molecule has 0 spiro atoms. The number of allylic oxidation sites excluding steroid dienone is 1. The number of halogens is 1. The van der Waals surface area contributed by atoms with Crippen molar-refractivity contribution in [2.75, 3.05) is 19.0 Å². The van der Waals surface area contributed by atoms with Gasteiger partial charge < -0.3 is 30.6 Å². The van der Waals surface area contributed by atoms with Crippen LogP contribution in [0, 0.1) is 23.7 Å². The van der Waals surface area contributed by atoms with Crippen LogP contribution in [0.2, 0.25) is 0 Å². The van der Waals surface area contributed by atoms with Crippen LogP contribution < -0.4 is 26.8 Å². The fraction of sp³-hybridized carbons (Fsp3) is 0.633. The molecular weight excluding hydrogens is 606 g/mol. The third kappa shape index (κ3) is 7.31. The van der Waals surface area contributed by atoms with Crippen molar-refractivity contribution in [3.8, 4) is 0 Å². The quantitative estimate of drug-likeness (QED) is 0.163. The average molecular weight is 647 g/mol. The number of rotatable bonds is 11. The predicted molar refractivity (Wildman–Crippen MR) is 160 cm³/mol. The molecule has 4 aliphatic carbocycles. The number of ether oxygens (including phenoxy) is 1. The standard InChI is InChI=1S/C30H40BrN5O6/c1-42-26(38)7-3-2-5-22(33-29(40)24-14-21(31)15-32-24)28(39)34-23-6-4-8-36(30(23)41)16-25(37)35-27-19-10-17-9-18(12-19)13-20(27)11-17/h3-4,6-8,17-22,24,27,32H,2,5,9-16H2,1H3,(H,33,40)(H,34,39)(H,35,37)/b7-3+/t17?,18?,19?,20?,21-,22-,24-,27?/m0/s1. The number of alkyl halides is 1. The molecule has 3 amide bonds. The fourth-order valence-electron chi connectivity index (χ4n) is 7.47. The molecule has 2 heterocycles. The van der Waals surface area contributed by atoms with E-state index < -0.39 is 29.5 Å². The van der Waals surface area contributed by atoms with Crippen molar-refractivity contribution >= 4 is 45.3 Å². The molecule has 6 rings (SSSR count). The molecule has 1 aliphatic heterocycles. The second-order valence-corrected chi connectivity index (χ2v) is 13.5. The number of amides is 3. The van der Waals surface area contributed by atoms with Gasteiger partial charge in [-0.15, -0.1) is 0 Å². The van der Waals surface area contributed by atoms with E-state index in [0.29, 0.717) is 31.2 Å². The molecule has 4 N–H and O–H groups in total. The SMILES string of the molecule is COC(=O)/C=C/CC[C@H](NC(=O)[C@@H]1C[C@H](Br)CN1)C(=O)Nc1cccn(CC(=O)NC2C3CC4CC(C3)CC2C4)c1=O. The van der Waals surface area contributed by atoms with E-state index in [9.17, 15) is 24.0 Å². The summed E-state index contributed by atoms with van der Waals surface area (Å²) in [4.78, 5) is 64.0. The number of hydrogen-bond acceptors (Lipinski definition) is 7. The maximum atomic E-state index is 13.3. The van der Waals surface area contributed by atoms with Crippen LogP contribution >= 0.6 is 15.9 Å². The molecule has 12 heteroatoms. The number of carbonyl (C=O) groups is 4. The molecule has 0 radical (unpaired) electrons. The minimum Gasteiger partial charge on any atom is -0.466 e. The van der Waals surface area contributed by atoms with E-state index in [0.717, 1.165) is 11.8 Å². The number of aromatic nitrogens is 1. The number of hydrogen-bond donors (Lipinski definition) is 4. The summed E-state index contributed by atoms with van der Waals surface area (Å²) in [6.45, 7) is 0.502. The Morgan fingerprint density at radius 3 is 2.48 bits per heavy atom. The zero-order valence-corrected chi connectivity index (χ0v) is 25.4. The minimum atomic E-state index is -0.954. The van der Waals surface area contributed by atoms with Crippen LogP contribution in [0.25, 0.3) is 0 Å². The van der Waals surface area contributed by atoms with Crippen LogP contribution in [0.15, 0.2) is 35.3 Å². The first-order valence-electron chi connectivity index (χ1n) is 14.9. The molecule has 228 valence electrons. The highest BCUT2D eigenvalue weighted by Crippen LogP contribution is 2.53. The van der Waals surface area contributed by atoms with Gasteiger partial charge in [-0.25, -0.2) is 4.79 Å². The van der Waals surface area contributed by atoms with Crippen LogP contribution in [0.5, 0.6) is 0 Å². The first-order chi connectivity index (χ1) is 20.2. The van der Waals surface area contributed by atoms with Crippen LogP contribution in [0.3, 0.4) is 0 Å². The lowest BCUT2D eigenvalue weighted by atomic mass is 9.54. The summed E-state index contributed by atoms with van der Waals surface area (Å²) < 4.78 is 5.89. The maximum absolute atomic E-state index is 13.3. The molecule has 5 fully saturated rings. The number of methoxy groups -OCH3 is 1. The smallest absolute Gasteiger partial charge is 0.330 e. The minimum absolute atomic E-state index is 0.0220. The van der Waals surface area contributed by atoms with Crippen molar-refractivity contribution in [1.29, 1.82) is 0 Å². The summed E-state index contributed by atoms with van der Waals surface area (Å²) >= 11 is 3.49. The van der Waals surface area contributed by atoms with Gasteiger partial charge in [0.2, 0.25) is 17.7 Å². The van der Waals surface area contributed by atoms with Gasteiger partial charge in [0, 0.05) is 29.7 Å². The fourth-order valence-corrected chi connectivity index (χ4v) is 8.03. The lowest BCUT2D eigenvalue weighted by Crippen LogP contribution is -2.56. The Kier molecular flexibility index (Phi) is 9.82. The monoisotopic (exact) mass is 645 g/mol. The van der Waals surface area contributed by atoms with E-state index in [-0.39, 0.29) is 41.3 Å². The van der Waals surface area contributed by atoms with Gasteiger partial charge in [-0.2, -0.15) is 0 Å². The Morgan fingerprint density at radius 2 is 1.83 bits per heavy atom. The van der Waals surface area contributed by atoms with E-state index in [1.807, 2.05) is 0 Å². The average Bonchev–Trinajstić information content (AvgIpc) is 3.40. The second kappa shape index (κ2) is 13.5. The molecule has 0 unspecified atom stereocenters. The molecule has 1 aromatic rings. The van der Waals surface area contributed by atoms with Gasteiger partial charge >= 0.3 is 5.97 Å². The third-order valence-corrected chi connectivity index (χ3v) is 9.95. The normalized spacial score (nSPS) is 30.2. The molecule has 5 aliphatic rings. The number of anilines is 1. The summed E-state index contributed by atoms with van der Waals surface area (Å²) in [5, 5.41) is 11.8. The number of carbonyl (C=O) groups excluding carboxylic acids is 4. The highest BCUT2D eigenvalue weighted by molar-refractivity contribution is 9.09. The number of nitrogens with one attached hydrogen (secondary N) is 4. The van der Waals surface area contributed by atoms with Gasteiger partial charge in [-0.1, -0.05) is 22.0 Å². The van der Waals surface area contributed by atoms with Gasteiger partial charge in [0.25, 0.3) is 5.56 Å². The van der Waals surface area contributed by atoms with E-state index in [1.165, 1.54) is 62.1 Å². The molecule has 4 bridgehead atoms. The van der Waals surface area contributed by atoms with Gasteiger partial charge in [-0.3, -0.25) is 19.2 Å². The van der Waals surface area contributed by atoms with Gasteiger partial charge in [0.05, 0.1) is 13.2 Å². The molecule has 11 nitrogen and oxygen atoms in total. The second-order valence-electron chi connectivity index (χ2n) is 12.2. The molecule has 42 heavy (non-hydrogen) atoms. The predicted octanol–water partition coefficient (Wildman–Crippen LogP) is 1.85. The third-order valence-electron chi connectivity index (χ3n) is 9.25. The van der Waals surface area contributed by atoms with Crippen molar-refractivity contribution in [2.45, 2.75) is 80.9 Å². The first kappa shape index (κ1) is 30.5. The number of pyridine rings is 1. The first-order valence-corrected chi connectivity index (χ1v) is 15.8. The molecule has 1 aromatic heterocycles. The molecule has 0 aromatic carbocycles. The largest absolute Gasteiger partial charge is 0.466 e. The highest BCUT2D eigenvalue weighted by atomic mass is 79.9. The van der Waals surface area contributed by atoms with E-state index in [1.54, 1.807) is 12.1 Å². The lowest BCUT2D eigenvalue weighted by molar-refractivity contribution is -0.135. The highest BCUT2D eigenvalue weighted by Gasteiger charge is 2.48. The summed E-state index contributed by atoms with van der Waals surface area (Å²) in [6, 6.07) is 1.87. The molecule has 1 saturated heterocycles. The number of esters is 1. The maximum Gasteiger partial charge on any atom is 0.330 e. The zero-order chi connectivity index (χ0) is 29.8. The van der Waals surface area contributed by atoms with Crippen molar-refractivity contribution in [1.82, 2.24) is 20.5 Å². The van der Waals surface area contributed by atoms with Crippen LogP contribution in [-0.4, -0.2) is 64.9 Å². The Labute approximate surface area is 253 Å². The van der Waals surface area contributed by atoms with Crippen molar-refractivity contribution in [3.05, 3.63) is 40.8 Å². The van der Waals surface area contributed by atoms with Crippen LogP contribution in [0.4, 0.5) is 5.69 Å². The molecular formula is C30H40BrN5O6. The summed E-state index contributed by atoms with van der Waals surface area (Å²) in [7, 11) is 1.27. The summed E-state index contributed by atoms with van der Waals surface area (Å²) in [5.74, 6) is 1.07. The summed E-state index contributed by atoms with van der Waals surface area (Å²) in [6.07, 6.45) is 11.5.